The highest BCUT2D eigenvalue weighted by atomic mass is 16.3. The number of hydrogen-bond donors (Lipinski definition) is 2. The van der Waals surface area contributed by atoms with Crippen molar-refractivity contribution >= 4 is 5.91 Å². The topological polar surface area (TPSA) is 66.6 Å². The van der Waals surface area contributed by atoms with E-state index in [2.05, 4.69) is 6.58 Å². The Morgan fingerprint density at radius 2 is 1.95 bits per heavy atom. The fraction of sp³-hybridized carbons (Fsp3) is 0.500. The Labute approximate surface area is 133 Å². The van der Waals surface area contributed by atoms with E-state index < -0.39 is 12.1 Å². The number of benzene rings is 1. The van der Waals surface area contributed by atoms with Crippen LogP contribution < -0.4 is 5.73 Å². The fourth-order valence-corrected chi connectivity index (χ4v) is 2.40. The summed E-state index contributed by atoms with van der Waals surface area (Å²) < 4.78 is 0. The summed E-state index contributed by atoms with van der Waals surface area (Å²) in [6.45, 7) is 7.51. The molecule has 3 atom stereocenters. The van der Waals surface area contributed by atoms with Crippen LogP contribution in [-0.2, 0) is 11.2 Å². The van der Waals surface area contributed by atoms with E-state index in [1.54, 1.807) is 18.0 Å². The van der Waals surface area contributed by atoms with E-state index in [0.29, 0.717) is 12.8 Å². The summed E-state index contributed by atoms with van der Waals surface area (Å²) in [4.78, 5) is 14.1. The summed E-state index contributed by atoms with van der Waals surface area (Å²) in [5.41, 5.74) is 7.05. The van der Waals surface area contributed by atoms with Crippen LogP contribution >= 0.6 is 0 Å². The van der Waals surface area contributed by atoms with Crippen LogP contribution in [0, 0.1) is 5.92 Å². The van der Waals surface area contributed by atoms with E-state index in [0.717, 1.165) is 5.56 Å². The first kappa shape index (κ1) is 18.4. The molecule has 122 valence electrons. The molecule has 1 aromatic rings. The molecule has 0 saturated carbocycles. The third kappa shape index (κ3) is 4.97. The molecule has 0 aliphatic carbocycles. The van der Waals surface area contributed by atoms with Crippen LogP contribution in [-0.4, -0.2) is 41.1 Å². The van der Waals surface area contributed by atoms with Gasteiger partial charge in [0.05, 0.1) is 18.2 Å². The van der Waals surface area contributed by atoms with Crippen LogP contribution in [0.15, 0.2) is 43.0 Å². The standard InChI is InChI=1S/C18H28N2O2/c1-5-9-16(21)15(12-14-10-7-6-8-11-14)20(4)18(22)17(19)13(2)3/h5-8,10-11,13,15-17,21H,1,9,12,19H2,2-4H3/t15-,16+,17-/m0/s1. The Kier molecular flexibility index (Phi) is 7.28. The molecule has 4 heteroatoms. The van der Waals surface area contributed by atoms with Crippen molar-refractivity contribution in [3.05, 3.63) is 48.6 Å². The third-order valence-electron chi connectivity index (χ3n) is 3.99. The number of likely N-dealkylation sites (N-methyl/N-ethyl adjacent to an activating group) is 1. The second kappa shape index (κ2) is 8.71. The molecule has 4 nitrogen and oxygen atoms in total. The van der Waals surface area contributed by atoms with Gasteiger partial charge in [0.15, 0.2) is 0 Å². The minimum atomic E-state index is -0.661. The molecular weight excluding hydrogens is 276 g/mol. The predicted octanol–water partition coefficient (Wildman–Crippen LogP) is 1.98. The smallest absolute Gasteiger partial charge is 0.239 e. The maximum absolute atomic E-state index is 12.5. The van der Waals surface area contributed by atoms with Crippen LogP contribution in [0.1, 0.15) is 25.8 Å². The summed E-state index contributed by atoms with van der Waals surface area (Å²) in [5.74, 6) is -0.0806. The Morgan fingerprint density at radius 3 is 2.45 bits per heavy atom. The second-order valence-corrected chi connectivity index (χ2v) is 6.07. The van der Waals surface area contributed by atoms with E-state index in [1.807, 2.05) is 44.2 Å². The highest BCUT2D eigenvalue weighted by Crippen LogP contribution is 2.16. The zero-order chi connectivity index (χ0) is 16.7. The molecule has 0 aliphatic heterocycles. The lowest BCUT2D eigenvalue weighted by atomic mass is 9.96. The normalized spacial score (nSPS) is 15.2. The Bertz CT molecular complexity index is 473. The maximum atomic E-state index is 12.5. The number of aliphatic hydroxyl groups is 1. The van der Waals surface area contributed by atoms with Gasteiger partial charge in [-0.05, 0) is 24.3 Å². The number of nitrogens with two attached hydrogens (primary N) is 1. The lowest BCUT2D eigenvalue weighted by Crippen LogP contribution is -2.53. The van der Waals surface area contributed by atoms with Crippen LogP contribution in [0.5, 0.6) is 0 Å². The Balaban J connectivity index is 2.94. The van der Waals surface area contributed by atoms with Crippen LogP contribution in [0.3, 0.4) is 0 Å². The zero-order valence-electron chi connectivity index (χ0n) is 13.8. The number of hydrogen-bond acceptors (Lipinski definition) is 3. The van der Waals surface area contributed by atoms with Gasteiger partial charge in [0.25, 0.3) is 0 Å². The van der Waals surface area contributed by atoms with Crippen molar-refractivity contribution in [2.45, 2.75) is 44.9 Å². The minimum Gasteiger partial charge on any atom is -0.391 e. The van der Waals surface area contributed by atoms with Gasteiger partial charge in [0.1, 0.15) is 0 Å². The van der Waals surface area contributed by atoms with Gasteiger partial charge in [-0.1, -0.05) is 50.3 Å². The van der Waals surface area contributed by atoms with Crippen LogP contribution in [0.4, 0.5) is 0 Å². The Morgan fingerprint density at radius 1 is 1.36 bits per heavy atom. The van der Waals surface area contributed by atoms with Crippen molar-refractivity contribution in [3.63, 3.8) is 0 Å². The van der Waals surface area contributed by atoms with Crippen molar-refractivity contribution in [2.24, 2.45) is 11.7 Å². The quantitative estimate of drug-likeness (QED) is 0.722. The van der Waals surface area contributed by atoms with Crippen molar-refractivity contribution in [1.29, 1.82) is 0 Å². The molecule has 0 heterocycles. The number of nitrogens with zero attached hydrogens (tertiary/aromatic N) is 1. The number of carbonyl (C=O) groups excluding carboxylic acids is 1. The van der Waals surface area contributed by atoms with E-state index >= 15 is 0 Å². The number of amides is 1. The summed E-state index contributed by atoms with van der Waals surface area (Å²) in [5, 5.41) is 10.4. The predicted molar refractivity (Wildman–Crippen MR) is 90.3 cm³/mol. The lowest BCUT2D eigenvalue weighted by Gasteiger charge is -2.34. The molecule has 1 amide bonds. The first-order valence-electron chi connectivity index (χ1n) is 7.73. The molecular formula is C18H28N2O2. The molecule has 0 aliphatic rings. The van der Waals surface area contributed by atoms with Gasteiger partial charge >= 0.3 is 0 Å². The third-order valence-corrected chi connectivity index (χ3v) is 3.99. The average molecular weight is 304 g/mol. The fourth-order valence-electron chi connectivity index (χ4n) is 2.40. The van der Waals surface area contributed by atoms with Crippen molar-refractivity contribution in [2.75, 3.05) is 7.05 Å². The van der Waals surface area contributed by atoms with Gasteiger partial charge in [-0.3, -0.25) is 4.79 Å². The van der Waals surface area contributed by atoms with Crippen LogP contribution in [0.25, 0.3) is 0 Å². The summed E-state index contributed by atoms with van der Waals surface area (Å²) >= 11 is 0. The van der Waals surface area contributed by atoms with Gasteiger partial charge in [-0.2, -0.15) is 0 Å². The van der Waals surface area contributed by atoms with Crippen molar-refractivity contribution < 1.29 is 9.90 Å². The highest BCUT2D eigenvalue weighted by molar-refractivity contribution is 5.82. The van der Waals surface area contributed by atoms with Gasteiger partial charge in [0, 0.05) is 7.05 Å². The van der Waals surface area contributed by atoms with E-state index in [1.165, 1.54) is 0 Å². The first-order chi connectivity index (χ1) is 10.4. The van der Waals surface area contributed by atoms with Gasteiger partial charge in [-0.25, -0.2) is 0 Å². The monoisotopic (exact) mass is 304 g/mol. The SMILES string of the molecule is C=CC[C@@H](O)[C@H](Cc1ccccc1)N(C)C(=O)[C@@H](N)C(C)C. The number of rotatable bonds is 8. The van der Waals surface area contributed by atoms with E-state index in [4.69, 9.17) is 5.73 Å². The molecule has 3 N–H and O–H groups in total. The summed E-state index contributed by atoms with van der Waals surface area (Å²) in [6, 6.07) is 8.96. The van der Waals surface area contributed by atoms with Crippen LogP contribution in [0.2, 0.25) is 0 Å². The molecule has 22 heavy (non-hydrogen) atoms. The molecule has 0 aromatic heterocycles. The molecule has 0 spiro atoms. The second-order valence-electron chi connectivity index (χ2n) is 6.07. The van der Waals surface area contributed by atoms with Crippen molar-refractivity contribution in [3.8, 4) is 0 Å². The molecule has 1 rings (SSSR count). The molecule has 0 fully saturated rings. The van der Waals surface area contributed by atoms with E-state index in [-0.39, 0.29) is 17.9 Å². The average Bonchev–Trinajstić information content (AvgIpc) is 2.51. The van der Waals surface area contributed by atoms with Gasteiger partial charge < -0.3 is 15.7 Å². The van der Waals surface area contributed by atoms with E-state index in [9.17, 15) is 9.90 Å². The molecule has 0 saturated heterocycles. The summed E-state index contributed by atoms with van der Waals surface area (Å²) in [7, 11) is 1.71. The highest BCUT2D eigenvalue weighted by Gasteiger charge is 2.30. The molecule has 0 bridgehead atoms. The Hall–Kier alpha value is -1.65. The van der Waals surface area contributed by atoms with Crippen molar-refractivity contribution in [1.82, 2.24) is 4.90 Å². The first-order valence-corrected chi connectivity index (χ1v) is 7.73. The van der Waals surface area contributed by atoms with Gasteiger partial charge in [-0.15, -0.1) is 6.58 Å². The molecule has 0 radical (unpaired) electrons. The zero-order valence-corrected chi connectivity index (χ0v) is 13.8. The molecule has 1 aromatic carbocycles. The number of aliphatic hydroxyl groups excluding tert-OH is 1. The minimum absolute atomic E-state index is 0.0591. The number of carbonyl (C=O) groups is 1. The van der Waals surface area contributed by atoms with Gasteiger partial charge in [0.2, 0.25) is 5.91 Å². The largest absolute Gasteiger partial charge is 0.391 e. The molecule has 0 unspecified atom stereocenters. The summed E-state index contributed by atoms with van der Waals surface area (Å²) in [6.07, 6.45) is 2.03. The lowest BCUT2D eigenvalue weighted by molar-refractivity contribution is -0.136. The maximum Gasteiger partial charge on any atom is 0.239 e.